The average molecular weight is 555 g/mol. The maximum atomic E-state index is 12.1. The lowest BCUT2D eigenvalue weighted by Crippen LogP contribution is -2.12. The molecule has 0 saturated heterocycles. The first-order chi connectivity index (χ1) is 20.6. The predicted molar refractivity (Wildman–Crippen MR) is 165 cm³/mol. The monoisotopic (exact) mass is 554 g/mol. The van der Waals surface area contributed by atoms with Crippen LogP contribution < -0.4 is 9.47 Å². The molecule has 6 aromatic rings. The lowest BCUT2D eigenvalue weighted by atomic mass is 9.93. The van der Waals surface area contributed by atoms with Crippen molar-refractivity contribution in [3.8, 4) is 22.6 Å². The molecule has 6 heteroatoms. The molecule has 0 saturated carbocycles. The van der Waals surface area contributed by atoms with Crippen LogP contribution in [0.2, 0.25) is 0 Å². The van der Waals surface area contributed by atoms with E-state index in [-0.39, 0.29) is 13.2 Å². The quantitative estimate of drug-likeness (QED) is 0.102. The largest absolute Gasteiger partial charge is 0.481 e. The number of hydrogen-bond acceptors (Lipinski definition) is 6. The van der Waals surface area contributed by atoms with E-state index in [0.29, 0.717) is 11.5 Å². The van der Waals surface area contributed by atoms with E-state index < -0.39 is 11.9 Å². The molecule has 0 bridgehead atoms. The van der Waals surface area contributed by atoms with Gasteiger partial charge in [-0.05, 0) is 67.7 Å². The molecule has 6 rings (SSSR count). The normalized spacial score (nSPS) is 11.0. The van der Waals surface area contributed by atoms with E-state index in [4.69, 9.17) is 18.9 Å². The Morgan fingerprint density at radius 1 is 0.524 bits per heavy atom. The summed E-state index contributed by atoms with van der Waals surface area (Å²) in [5.41, 5.74) is 1.69. The van der Waals surface area contributed by atoms with Crippen molar-refractivity contribution >= 4 is 55.0 Å². The smallest absolute Gasteiger partial charge is 0.348 e. The standard InChI is InChI=1S/C36H26O6/c1-3-39-35(37)21-41-33-19-25(17-31-27-11-7-5-9-23(27)13-15-29(31)33)26-18-32-28-12-8-6-10-24(28)14-16-30(32)34(20-26)42-22-36(38)40-4-2/h3-20H,1-2,21-22H2. The summed E-state index contributed by atoms with van der Waals surface area (Å²) < 4.78 is 21.8. The molecule has 0 aliphatic carbocycles. The molecule has 0 heterocycles. The van der Waals surface area contributed by atoms with Crippen LogP contribution in [-0.4, -0.2) is 25.2 Å². The number of rotatable bonds is 9. The van der Waals surface area contributed by atoms with Crippen LogP contribution in [0.5, 0.6) is 11.5 Å². The zero-order valence-electron chi connectivity index (χ0n) is 22.7. The summed E-state index contributed by atoms with van der Waals surface area (Å²) in [5.74, 6) is -0.0409. The summed E-state index contributed by atoms with van der Waals surface area (Å²) in [5, 5.41) is 7.90. The molecule has 0 N–H and O–H groups in total. The van der Waals surface area contributed by atoms with Gasteiger partial charge in [0.15, 0.2) is 13.2 Å². The van der Waals surface area contributed by atoms with Crippen molar-refractivity contribution in [1.82, 2.24) is 0 Å². The number of ether oxygens (including phenoxy) is 4. The van der Waals surface area contributed by atoms with E-state index in [1.807, 2.05) is 60.7 Å². The third kappa shape index (κ3) is 5.13. The first kappa shape index (κ1) is 26.6. The third-order valence-electron chi connectivity index (χ3n) is 7.10. The minimum Gasteiger partial charge on any atom is -0.481 e. The first-order valence-electron chi connectivity index (χ1n) is 13.3. The van der Waals surface area contributed by atoms with Crippen molar-refractivity contribution < 1.29 is 28.5 Å². The molecule has 0 amide bonds. The van der Waals surface area contributed by atoms with Crippen molar-refractivity contribution in [2.24, 2.45) is 0 Å². The Labute approximate surface area is 242 Å². The molecule has 206 valence electrons. The molecule has 6 nitrogen and oxygen atoms in total. The van der Waals surface area contributed by atoms with Gasteiger partial charge in [-0.3, -0.25) is 0 Å². The molecule has 42 heavy (non-hydrogen) atoms. The number of carbonyl (C=O) groups is 2. The average Bonchev–Trinajstić information content (AvgIpc) is 3.02. The van der Waals surface area contributed by atoms with E-state index in [9.17, 15) is 9.59 Å². The Morgan fingerprint density at radius 2 is 0.952 bits per heavy atom. The molecule has 0 spiro atoms. The van der Waals surface area contributed by atoms with Gasteiger partial charge in [-0.15, -0.1) is 0 Å². The molecule has 0 unspecified atom stereocenters. The van der Waals surface area contributed by atoms with Gasteiger partial charge in [0, 0.05) is 10.8 Å². The number of benzene rings is 6. The molecule has 0 aliphatic heterocycles. The zero-order chi connectivity index (χ0) is 29.1. The second kappa shape index (κ2) is 11.5. The zero-order valence-corrected chi connectivity index (χ0v) is 22.7. The lowest BCUT2D eigenvalue weighted by Gasteiger charge is -2.16. The lowest BCUT2D eigenvalue weighted by molar-refractivity contribution is -0.141. The van der Waals surface area contributed by atoms with Crippen LogP contribution in [0.3, 0.4) is 0 Å². The number of hydrogen-bond donors (Lipinski definition) is 0. The van der Waals surface area contributed by atoms with Crippen molar-refractivity contribution in [2.45, 2.75) is 0 Å². The maximum absolute atomic E-state index is 12.1. The molecule has 6 aromatic carbocycles. The Kier molecular flexibility index (Phi) is 7.26. The fraction of sp³-hybridized carbons (Fsp3) is 0.0556. The fourth-order valence-electron chi connectivity index (χ4n) is 5.26. The van der Waals surface area contributed by atoms with E-state index >= 15 is 0 Å². The van der Waals surface area contributed by atoms with Gasteiger partial charge < -0.3 is 18.9 Å². The van der Waals surface area contributed by atoms with Gasteiger partial charge in [0.05, 0.1) is 12.5 Å². The molecular weight excluding hydrogens is 528 g/mol. The van der Waals surface area contributed by atoms with Gasteiger partial charge >= 0.3 is 11.9 Å². The van der Waals surface area contributed by atoms with Crippen LogP contribution in [0.1, 0.15) is 0 Å². The second-order valence-corrected chi connectivity index (χ2v) is 9.60. The number of carbonyl (C=O) groups excluding carboxylic acids is 2. The van der Waals surface area contributed by atoms with Gasteiger partial charge in [0.25, 0.3) is 0 Å². The fourth-order valence-corrected chi connectivity index (χ4v) is 5.26. The molecular formula is C36H26O6. The SMILES string of the molecule is C=COC(=O)COc1cc(-c2cc(OCC(=O)OC=C)c3ccc4ccccc4c3c2)cc2c1ccc1ccccc12. The number of fused-ring (bicyclic) bond motifs is 6. The van der Waals surface area contributed by atoms with Crippen LogP contribution in [0.25, 0.3) is 54.2 Å². The minimum atomic E-state index is -0.552. The van der Waals surface area contributed by atoms with E-state index in [0.717, 1.165) is 66.7 Å². The predicted octanol–water partition coefficient (Wildman–Crippen LogP) is 8.10. The molecule has 0 fully saturated rings. The van der Waals surface area contributed by atoms with Crippen LogP contribution in [-0.2, 0) is 19.1 Å². The summed E-state index contributed by atoms with van der Waals surface area (Å²) >= 11 is 0. The Morgan fingerprint density at radius 3 is 1.38 bits per heavy atom. The van der Waals surface area contributed by atoms with E-state index in [2.05, 4.69) is 49.6 Å². The Hall–Kier alpha value is -5.62. The molecule has 0 aromatic heterocycles. The van der Waals surface area contributed by atoms with Crippen LogP contribution in [0, 0.1) is 0 Å². The van der Waals surface area contributed by atoms with Crippen molar-refractivity contribution in [1.29, 1.82) is 0 Å². The van der Waals surface area contributed by atoms with Gasteiger partial charge in [0.1, 0.15) is 11.5 Å². The Bertz CT molecular complexity index is 1880. The Balaban J connectivity index is 1.57. The highest BCUT2D eigenvalue weighted by atomic mass is 16.6. The summed E-state index contributed by atoms with van der Waals surface area (Å²) in [6.07, 6.45) is 2.17. The topological polar surface area (TPSA) is 71.1 Å². The van der Waals surface area contributed by atoms with Gasteiger partial charge in [-0.25, -0.2) is 9.59 Å². The first-order valence-corrected chi connectivity index (χ1v) is 13.3. The molecule has 0 atom stereocenters. The second-order valence-electron chi connectivity index (χ2n) is 9.60. The van der Waals surface area contributed by atoms with Gasteiger partial charge in [-0.2, -0.15) is 0 Å². The van der Waals surface area contributed by atoms with Crippen molar-refractivity contribution in [3.63, 3.8) is 0 Å². The molecule has 0 radical (unpaired) electrons. The highest BCUT2D eigenvalue weighted by Crippen LogP contribution is 2.41. The van der Waals surface area contributed by atoms with Crippen LogP contribution in [0.4, 0.5) is 0 Å². The van der Waals surface area contributed by atoms with Gasteiger partial charge in [0.2, 0.25) is 0 Å². The van der Waals surface area contributed by atoms with E-state index in [1.165, 1.54) is 0 Å². The van der Waals surface area contributed by atoms with Crippen LogP contribution >= 0.6 is 0 Å². The number of esters is 2. The highest BCUT2D eigenvalue weighted by molar-refractivity contribution is 6.13. The minimum absolute atomic E-state index is 0.278. The third-order valence-corrected chi connectivity index (χ3v) is 7.10. The van der Waals surface area contributed by atoms with Gasteiger partial charge in [-0.1, -0.05) is 86.0 Å². The summed E-state index contributed by atoms with van der Waals surface area (Å²) in [6.45, 7) is 6.32. The maximum Gasteiger partial charge on any atom is 0.348 e. The van der Waals surface area contributed by atoms with Crippen LogP contribution in [0.15, 0.2) is 123 Å². The highest BCUT2D eigenvalue weighted by Gasteiger charge is 2.16. The summed E-state index contributed by atoms with van der Waals surface area (Å²) in [7, 11) is 0. The van der Waals surface area contributed by atoms with Crippen molar-refractivity contribution in [2.75, 3.05) is 13.2 Å². The van der Waals surface area contributed by atoms with E-state index in [1.54, 1.807) is 0 Å². The molecule has 0 aliphatic rings. The summed E-state index contributed by atoms with van der Waals surface area (Å²) in [4.78, 5) is 24.3. The van der Waals surface area contributed by atoms with Crippen molar-refractivity contribution in [3.05, 3.63) is 123 Å². The summed E-state index contributed by atoms with van der Waals surface area (Å²) in [6, 6.07) is 32.3.